The van der Waals surface area contributed by atoms with Crippen molar-refractivity contribution in [3.8, 4) is 6.07 Å². The van der Waals surface area contributed by atoms with Gasteiger partial charge in [0.05, 0.1) is 43.6 Å². The monoisotopic (exact) mass is 606 g/mol. The van der Waals surface area contributed by atoms with Crippen LogP contribution < -0.4 is 10.2 Å². The van der Waals surface area contributed by atoms with Crippen LogP contribution in [0.1, 0.15) is 42.1 Å². The van der Waals surface area contributed by atoms with Gasteiger partial charge in [-0.1, -0.05) is 6.92 Å². The smallest absolute Gasteiger partial charge is 0.253 e. The lowest BCUT2D eigenvalue weighted by Crippen LogP contribution is -2.63. The average molecular weight is 607 g/mol. The number of anilines is 3. The van der Waals surface area contributed by atoms with Crippen LogP contribution in [0.3, 0.4) is 0 Å². The van der Waals surface area contributed by atoms with Crippen LogP contribution in [0.5, 0.6) is 0 Å². The molecule has 45 heavy (non-hydrogen) atoms. The summed E-state index contributed by atoms with van der Waals surface area (Å²) >= 11 is 0. The zero-order valence-corrected chi connectivity index (χ0v) is 25.6. The molecule has 232 valence electrons. The number of rotatable bonds is 8. The molecule has 4 aliphatic heterocycles. The molecule has 0 atom stereocenters. The first-order valence-electron chi connectivity index (χ1n) is 16.0. The highest BCUT2D eigenvalue weighted by Gasteiger charge is 2.48. The molecular formula is C33H38N10O2. The van der Waals surface area contributed by atoms with Crippen LogP contribution in [-0.2, 0) is 16.7 Å². The van der Waals surface area contributed by atoms with Gasteiger partial charge in [0.15, 0.2) is 5.65 Å². The predicted molar refractivity (Wildman–Crippen MR) is 168 cm³/mol. The molecule has 1 aromatic carbocycles. The third-order valence-electron chi connectivity index (χ3n) is 10.3. The van der Waals surface area contributed by atoms with E-state index in [1.807, 2.05) is 58.4 Å². The maximum atomic E-state index is 13.2. The predicted octanol–water partition coefficient (Wildman–Crippen LogP) is 3.30. The molecular weight excluding hydrogens is 568 g/mol. The Kier molecular flexibility index (Phi) is 6.76. The van der Waals surface area contributed by atoms with Gasteiger partial charge in [0.2, 0.25) is 5.95 Å². The molecule has 0 saturated carbocycles. The summed E-state index contributed by atoms with van der Waals surface area (Å²) in [6, 6.07) is 14.5. The summed E-state index contributed by atoms with van der Waals surface area (Å²) in [5.74, 6) is 0.579. The van der Waals surface area contributed by atoms with Crippen LogP contribution in [-0.4, -0.2) is 98.6 Å². The van der Waals surface area contributed by atoms with Crippen molar-refractivity contribution in [1.82, 2.24) is 34.2 Å². The summed E-state index contributed by atoms with van der Waals surface area (Å²) in [4.78, 5) is 24.8. The number of aromatic nitrogens is 5. The number of nitrogens with zero attached hydrogens (tertiary/aromatic N) is 9. The molecule has 0 radical (unpaired) electrons. The number of pyridine rings is 1. The number of hydrogen-bond donors (Lipinski definition) is 1. The molecule has 4 saturated heterocycles. The Labute approximate surface area is 262 Å². The summed E-state index contributed by atoms with van der Waals surface area (Å²) in [5.41, 5.74) is 4.33. The third-order valence-corrected chi connectivity index (χ3v) is 10.3. The quantitative estimate of drug-likeness (QED) is 0.322. The highest BCUT2D eigenvalue weighted by atomic mass is 16.5. The van der Waals surface area contributed by atoms with E-state index in [9.17, 15) is 10.1 Å². The molecule has 12 heteroatoms. The van der Waals surface area contributed by atoms with E-state index < -0.39 is 0 Å². The Balaban J connectivity index is 0.901. The van der Waals surface area contributed by atoms with Crippen LogP contribution in [0, 0.1) is 16.7 Å². The number of fused-ring (bicyclic) bond motifs is 1. The molecule has 1 spiro atoms. The topological polar surface area (TPSA) is 120 Å². The van der Waals surface area contributed by atoms with Crippen molar-refractivity contribution in [3.63, 3.8) is 0 Å². The summed E-state index contributed by atoms with van der Waals surface area (Å²) in [7, 11) is 0. The minimum atomic E-state index is -0.352. The van der Waals surface area contributed by atoms with Crippen molar-refractivity contribution in [3.05, 3.63) is 66.1 Å². The number of aryl methyl sites for hydroxylation is 1. The second-order valence-corrected chi connectivity index (χ2v) is 13.2. The molecule has 12 nitrogen and oxygen atoms in total. The second kappa shape index (κ2) is 10.9. The Bertz CT molecular complexity index is 1750. The van der Waals surface area contributed by atoms with Crippen molar-refractivity contribution in [2.45, 2.75) is 44.2 Å². The van der Waals surface area contributed by atoms with Crippen molar-refractivity contribution < 1.29 is 9.53 Å². The molecule has 0 unspecified atom stereocenters. The van der Waals surface area contributed by atoms with Gasteiger partial charge < -0.3 is 19.9 Å². The van der Waals surface area contributed by atoms with Crippen LogP contribution in [0.4, 0.5) is 17.3 Å². The Morgan fingerprint density at radius 1 is 1.11 bits per heavy atom. The van der Waals surface area contributed by atoms with Crippen LogP contribution in [0.15, 0.2) is 55.0 Å². The molecule has 0 bridgehead atoms. The fraction of sp³-hybridized carbons (Fsp3) is 0.485. The van der Waals surface area contributed by atoms with Gasteiger partial charge in [0.1, 0.15) is 5.54 Å². The number of carbonyl (C=O) groups is 1. The Morgan fingerprint density at radius 2 is 1.89 bits per heavy atom. The summed E-state index contributed by atoms with van der Waals surface area (Å²) < 4.78 is 9.10. The number of piperidine rings is 1. The number of nitriles is 1. The van der Waals surface area contributed by atoms with Crippen LogP contribution in [0.25, 0.3) is 5.65 Å². The normalized spacial score (nSPS) is 20.8. The Hall–Kier alpha value is -4.47. The molecule has 4 aliphatic rings. The van der Waals surface area contributed by atoms with E-state index >= 15 is 0 Å². The number of likely N-dealkylation sites (tertiary alicyclic amines) is 2. The van der Waals surface area contributed by atoms with Gasteiger partial charge in [-0.2, -0.15) is 15.3 Å². The zero-order chi connectivity index (χ0) is 30.6. The zero-order valence-electron chi connectivity index (χ0n) is 25.6. The highest BCUT2D eigenvalue weighted by molar-refractivity contribution is 5.95. The molecule has 4 aromatic rings. The first-order chi connectivity index (χ1) is 22.0. The maximum Gasteiger partial charge on any atom is 0.253 e. The summed E-state index contributed by atoms with van der Waals surface area (Å²) in [6.45, 7) is 9.11. The number of carbonyl (C=O) groups excluding carboxylic acids is 1. The molecule has 4 fully saturated rings. The van der Waals surface area contributed by atoms with Crippen molar-refractivity contribution in [2.24, 2.45) is 5.41 Å². The lowest BCUT2D eigenvalue weighted by Gasteiger charge is -2.55. The van der Waals surface area contributed by atoms with E-state index in [0.29, 0.717) is 37.1 Å². The van der Waals surface area contributed by atoms with Crippen LogP contribution in [0.2, 0.25) is 0 Å². The van der Waals surface area contributed by atoms with E-state index in [-0.39, 0.29) is 16.9 Å². The number of nitrogens with one attached hydrogen (secondary N) is 1. The molecule has 7 heterocycles. The fourth-order valence-corrected chi connectivity index (χ4v) is 7.34. The number of hydrogen-bond acceptors (Lipinski definition) is 9. The van der Waals surface area contributed by atoms with E-state index in [4.69, 9.17) is 9.72 Å². The number of benzene rings is 1. The minimum absolute atomic E-state index is 0.0977. The largest absolute Gasteiger partial charge is 0.378 e. The van der Waals surface area contributed by atoms with Crippen molar-refractivity contribution >= 4 is 28.9 Å². The molecule has 0 aliphatic carbocycles. The van der Waals surface area contributed by atoms with Gasteiger partial charge in [-0.15, -0.1) is 5.10 Å². The van der Waals surface area contributed by atoms with Gasteiger partial charge in [-0.3, -0.25) is 14.4 Å². The van der Waals surface area contributed by atoms with Gasteiger partial charge in [0.25, 0.3) is 5.91 Å². The highest BCUT2D eigenvalue weighted by Crippen LogP contribution is 2.42. The Morgan fingerprint density at radius 3 is 2.56 bits per heavy atom. The lowest BCUT2D eigenvalue weighted by atomic mass is 9.71. The molecule has 1 N–H and O–H groups in total. The van der Waals surface area contributed by atoms with E-state index in [1.165, 1.54) is 5.56 Å². The summed E-state index contributed by atoms with van der Waals surface area (Å²) in [6.07, 6.45) is 9.45. The first-order valence-corrected chi connectivity index (χ1v) is 16.0. The number of ether oxygens (including phenoxy) is 1. The van der Waals surface area contributed by atoms with Gasteiger partial charge >= 0.3 is 0 Å². The van der Waals surface area contributed by atoms with Crippen molar-refractivity contribution in [1.29, 1.82) is 5.26 Å². The maximum absolute atomic E-state index is 13.2. The second-order valence-electron chi connectivity index (χ2n) is 13.2. The van der Waals surface area contributed by atoms with E-state index in [2.05, 4.69) is 44.5 Å². The van der Waals surface area contributed by atoms with E-state index in [0.717, 1.165) is 75.7 Å². The van der Waals surface area contributed by atoms with Crippen molar-refractivity contribution in [2.75, 3.05) is 62.7 Å². The van der Waals surface area contributed by atoms with Gasteiger partial charge in [-0.25, -0.2) is 4.52 Å². The first kappa shape index (κ1) is 28.0. The fourth-order valence-electron chi connectivity index (χ4n) is 7.34. The SMILES string of the molecule is CCc1cnn(C2(CC#N)CN(c3cccn4nc(Nc5ccc(C(=O)N6CC7(CCN(C8COC8)CC7)C6)cc5)nc34)C2)c1. The summed E-state index contributed by atoms with van der Waals surface area (Å²) in [5, 5.41) is 22.1. The molecule has 8 rings (SSSR count). The van der Waals surface area contributed by atoms with Crippen LogP contribution >= 0.6 is 0 Å². The standard InChI is InChI=1S/C33H38N10O2/c1-2-24-16-35-43(17-24)33(9-12-34)22-40(23-33)28-4-3-13-42-29(28)37-31(38-42)36-26-7-5-25(6-8-26)30(44)41-20-32(21-41)10-14-39(15-11-32)27-18-45-19-27/h3-8,13,16-17,27H,2,9-11,14-15,18-23H2,1H3,(H,36,38). The molecule has 3 aromatic heterocycles. The van der Waals surface area contributed by atoms with Gasteiger partial charge in [0, 0.05) is 55.2 Å². The average Bonchev–Trinajstić information content (AvgIpc) is 3.65. The minimum Gasteiger partial charge on any atom is -0.378 e. The number of amides is 1. The molecule has 1 amide bonds. The van der Waals surface area contributed by atoms with E-state index in [1.54, 1.807) is 4.52 Å². The lowest BCUT2D eigenvalue weighted by molar-refractivity contribution is -0.0990. The van der Waals surface area contributed by atoms with Gasteiger partial charge in [-0.05, 0) is 74.3 Å². The third kappa shape index (κ3) is 4.91.